The molecule has 0 spiro atoms. The zero-order valence-electron chi connectivity index (χ0n) is 20.2. The van der Waals surface area contributed by atoms with Gasteiger partial charge < -0.3 is 18.5 Å². The first-order valence-corrected chi connectivity index (χ1v) is 12.7. The molecule has 10 heteroatoms. The lowest BCUT2D eigenvalue weighted by molar-refractivity contribution is 0.272. The predicted octanol–water partition coefficient (Wildman–Crippen LogP) is 4.84. The number of pyridine rings is 2. The molecule has 0 radical (unpaired) electrons. The van der Waals surface area contributed by atoms with Crippen molar-refractivity contribution < 1.29 is 21.2 Å². The first kappa shape index (κ1) is 24.3. The number of halogens is 1. The highest BCUT2D eigenvalue weighted by Crippen LogP contribution is 2.36. The number of benzene rings is 2. The van der Waals surface area contributed by atoms with Crippen molar-refractivity contribution in [2.75, 3.05) is 6.61 Å². The SMILES string of the molecule is C#Cc1ccc2c(c1)[nH]c1c2c(=O)c2cc(OCC(C)C)c(-c3cncc(OS(=O)(=O)F)c3)cc2n1C. The van der Waals surface area contributed by atoms with Gasteiger partial charge in [0, 0.05) is 40.8 Å². The minimum atomic E-state index is -5.23. The molecule has 0 saturated carbocycles. The van der Waals surface area contributed by atoms with Gasteiger partial charge in [0.2, 0.25) is 0 Å². The Kier molecular flexibility index (Phi) is 5.88. The van der Waals surface area contributed by atoms with Crippen LogP contribution in [0, 0.1) is 18.3 Å². The van der Waals surface area contributed by atoms with Crippen molar-refractivity contribution in [3.05, 3.63) is 64.6 Å². The average Bonchev–Trinajstić information content (AvgIpc) is 3.23. The van der Waals surface area contributed by atoms with E-state index in [0.717, 1.165) is 17.1 Å². The first-order valence-electron chi connectivity index (χ1n) is 11.4. The lowest BCUT2D eigenvalue weighted by atomic mass is 10.0. The monoisotopic (exact) mass is 519 g/mol. The number of aryl methyl sites for hydroxylation is 1. The van der Waals surface area contributed by atoms with Gasteiger partial charge in [0.15, 0.2) is 11.2 Å². The second kappa shape index (κ2) is 8.94. The van der Waals surface area contributed by atoms with Gasteiger partial charge in [0.05, 0.1) is 29.1 Å². The molecule has 2 aromatic carbocycles. The standard InChI is InChI=1S/C27H22FN3O5S/c1-5-16-6-7-19-22(8-16)30-27-25(19)26(32)21-11-24(35-14-15(2)3)20(10-23(21)31(27)4)17-9-18(13-29-12-17)36-37(28,33)34/h1,6-13,15,30H,14H2,2-4H3. The molecule has 5 aromatic rings. The van der Waals surface area contributed by atoms with Gasteiger partial charge in [0.1, 0.15) is 11.4 Å². The van der Waals surface area contributed by atoms with Crippen molar-refractivity contribution in [2.24, 2.45) is 13.0 Å². The molecule has 0 atom stereocenters. The van der Waals surface area contributed by atoms with E-state index in [1.807, 2.05) is 37.6 Å². The Labute approximate surface area is 212 Å². The van der Waals surface area contributed by atoms with E-state index < -0.39 is 10.5 Å². The normalized spacial score (nSPS) is 11.9. The summed E-state index contributed by atoms with van der Waals surface area (Å²) >= 11 is 0. The van der Waals surface area contributed by atoms with Gasteiger partial charge in [-0.2, -0.15) is 8.42 Å². The zero-order chi connectivity index (χ0) is 26.5. The molecule has 3 aromatic heterocycles. The smallest absolute Gasteiger partial charge is 0.488 e. The third-order valence-electron chi connectivity index (χ3n) is 6.00. The van der Waals surface area contributed by atoms with Crippen LogP contribution in [0.25, 0.3) is 44.0 Å². The summed E-state index contributed by atoms with van der Waals surface area (Å²) in [5.74, 6) is 2.90. The van der Waals surface area contributed by atoms with Crippen LogP contribution in [0.4, 0.5) is 3.89 Å². The molecule has 8 nitrogen and oxygen atoms in total. The number of nitrogens with zero attached hydrogens (tertiary/aromatic N) is 2. The lowest BCUT2D eigenvalue weighted by Crippen LogP contribution is -2.11. The minimum absolute atomic E-state index is 0.178. The quantitative estimate of drug-likeness (QED) is 0.254. The van der Waals surface area contributed by atoms with Crippen LogP contribution in [0.1, 0.15) is 19.4 Å². The number of H-pyrrole nitrogens is 1. The van der Waals surface area contributed by atoms with Gasteiger partial charge in [-0.25, -0.2) is 0 Å². The molecule has 0 fully saturated rings. The molecule has 0 bridgehead atoms. The molecule has 0 unspecified atom stereocenters. The van der Waals surface area contributed by atoms with Crippen LogP contribution in [0.5, 0.6) is 11.5 Å². The van der Waals surface area contributed by atoms with E-state index in [1.54, 1.807) is 18.2 Å². The van der Waals surface area contributed by atoms with Gasteiger partial charge in [-0.1, -0.05) is 29.7 Å². The van der Waals surface area contributed by atoms with E-state index in [2.05, 4.69) is 20.1 Å². The van der Waals surface area contributed by atoms with E-state index in [9.17, 15) is 17.1 Å². The zero-order valence-corrected chi connectivity index (χ0v) is 21.0. The maximum atomic E-state index is 13.7. The third kappa shape index (κ3) is 4.49. The maximum Gasteiger partial charge on any atom is 0.488 e. The van der Waals surface area contributed by atoms with Crippen molar-refractivity contribution >= 4 is 43.3 Å². The molecule has 3 heterocycles. The fraction of sp³-hybridized carbons (Fsp3) is 0.185. The molecule has 5 rings (SSSR count). The minimum Gasteiger partial charge on any atom is -0.493 e. The Morgan fingerprint density at radius 2 is 1.95 bits per heavy atom. The third-order valence-corrected chi connectivity index (χ3v) is 6.40. The highest BCUT2D eigenvalue weighted by atomic mass is 32.3. The summed E-state index contributed by atoms with van der Waals surface area (Å²) in [6.07, 6.45) is 8.11. The Hall–Kier alpha value is -4.36. The van der Waals surface area contributed by atoms with Gasteiger partial charge in [0.25, 0.3) is 0 Å². The van der Waals surface area contributed by atoms with E-state index in [0.29, 0.717) is 51.0 Å². The van der Waals surface area contributed by atoms with Crippen molar-refractivity contribution in [1.29, 1.82) is 0 Å². The number of rotatable bonds is 6. The number of fused-ring (bicyclic) bond motifs is 4. The number of nitrogens with one attached hydrogen (secondary N) is 1. The molecule has 1 N–H and O–H groups in total. The van der Waals surface area contributed by atoms with Crippen LogP contribution in [-0.4, -0.2) is 29.6 Å². The average molecular weight is 520 g/mol. The molecule has 37 heavy (non-hydrogen) atoms. The van der Waals surface area contributed by atoms with Gasteiger partial charge >= 0.3 is 10.5 Å². The van der Waals surface area contributed by atoms with Gasteiger partial charge in [-0.05, 0) is 36.2 Å². The molecule has 0 aliphatic heterocycles. The van der Waals surface area contributed by atoms with Crippen molar-refractivity contribution in [3.8, 4) is 35.0 Å². The van der Waals surface area contributed by atoms with Crippen LogP contribution in [0.2, 0.25) is 0 Å². The largest absolute Gasteiger partial charge is 0.493 e. The number of hydrogen-bond acceptors (Lipinski definition) is 6. The molecule has 0 amide bonds. The fourth-order valence-corrected chi connectivity index (χ4v) is 4.69. The second-order valence-electron chi connectivity index (χ2n) is 9.10. The molecule has 0 aliphatic rings. The topological polar surface area (TPSA) is 103 Å². The highest BCUT2D eigenvalue weighted by Gasteiger charge is 2.19. The molecule has 0 saturated heterocycles. The van der Waals surface area contributed by atoms with Crippen LogP contribution in [0.15, 0.2) is 53.6 Å². The summed E-state index contributed by atoms with van der Waals surface area (Å²) in [6.45, 7) is 4.34. The summed E-state index contributed by atoms with van der Waals surface area (Å²) in [5, 5.41) is 1.72. The number of ether oxygens (including phenoxy) is 1. The summed E-state index contributed by atoms with van der Waals surface area (Å²) < 4.78 is 47.4. The Bertz CT molecular complexity index is 1920. The highest BCUT2D eigenvalue weighted by molar-refractivity contribution is 7.81. The molecule has 188 valence electrons. The Morgan fingerprint density at radius 1 is 1.16 bits per heavy atom. The summed E-state index contributed by atoms with van der Waals surface area (Å²) in [7, 11) is -3.40. The van der Waals surface area contributed by atoms with Gasteiger partial charge in [-0.15, -0.1) is 6.42 Å². The van der Waals surface area contributed by atoms with Crippen molar-refractivity contribution in [3.63, 3.8) is 0 Å². The Balaban J connectivity index is 1.81. The summed E-state index contributed by atoms with van der Waals surface area (Å²) in [6, 6.07) is 10.2. The molecular formula is C27H22FN3O5S. The maximum absolute atomic E-state index is 13.7. The Morgan fingerprint density at radius 3 is 2.65 bits per heavy atom. The number of hydrogen-bond donors (Lipinski definition) is 1. The molecule has 0 aliphatic carbocycles. The fourth-order valence-electron chi connectivity index (χ4n) is 4.37. The lowest BCUT2D eigenvalue weighted by Gasteiger charge is -2.16. The second-order valence-corrected chi connectivity index (χ2v) is 10.1. The van der Waals surface area contributed by atoms with Crippen LogP contribution < -0.4 is 14.3 Å². The van der Waals surface area contributed by atoms with Crippen molar-refractivity contribution in [2.45, 2.75) is 13.8 Å². The van der Waals surface area contributed by atoms with Crippen molar-refractivity contribution in [1.82, 2.24) is 14.5 Å². The predicted molar refractivity (Wildman–Crippen MR) is 141 cm³/mol. The summed E-state index contributed by atoms with van der Waals surface area (Å²) in [5.41, 5.74) is 3.41. The number of terminal acetylenes is 1. The molecular weight excluding hydrogens is 497 g/mol. The van der Waals surface area contributed by atoms with Crippen LogP contribution in [-0.2, 0) is 17.6 Å². The van der Waals surface area contributed by atoms with E-state index in [-0.39, 0.29) is 17.1 Å². The first-order chi connectivity index (χ1) is 17.6. The van der Waals surface area contributed by atoms with Gasteiger partial charge in [-0.3, -0.25) is 9.78 Å². The van der Waals surface area contributed by atoms with Crippen LogP contribution in [0.3, 0.4) is 0 Å². The number of aromatic nitrogens is 3. The summed E-state index contributed by atoms with van der Waals surface area (Å²) in [4.78, 5) is 21.0. The van der Waals surface area contributed by atoms with E-state index in [1.165, 1.54) is 12.3 Å². The number of aromatic amines is 1. The van der Waals surface area contributed by atoms with E-state index in [4.69, 9.17) is 11.2 Å². The van der Waals surface area contributed by atoms with Crippen LogP contribution >= 0.6 is 0 Å². The van der Waals surface area contributed by atoms with E-state index >= 15 is 0 Å².